The summed E-state index contributed by atoms with van der Waals surface area (Å²) in [5.41, 5.74) is 0.468. The Labute approximate surface area is 91.8 Å². The molecule has 80 valence electrons. The average Bonchev–Trinajstić information content (AvgIpc) is 2.90. The number of hydrogen-bond acceptors (Lipinski definition) is 4. The maximum atomic E-state index is 12.1. The van der Waals surface area contributed by atoms with Gasteiger partial charge < -0.3 is 4.90 Å². The van der Waals surface area contributed by atoms with E-state index in [1.54, 1.807) is 17.9 Å². The normalized spacial score (nSPS) is 28.7. The first-order valence-electron chi connectivity index (χ1n) is 5.03. The summed E-state index contributed by atoms with van der Waals surface area (Å²) in [7, 11) is 1.77. The molecule has 1 aromatic rings. The van der Waals surface area contributed by atoms with Gasteiger partial charge in [0.05, 0.1) is 6.20 Å². The van der Waals surface area contributed by atoms with Crippen molar-refractivity contribution in [1.82, 2.24) is 19.9 Å². The van der Waals surface area contributed by atoms with Crippen LogP contribution in [0.15, 0.2) is 6.20 Å². The van der Waals surface area contributed by atoms with E-state index in [9.17, 15) is 4.79 Å². The van der Waals surface area contributed by atoms with Gasteiger partial charge in [0.15, 0.2) is 5.69 Å². The zero-order valence-corrected chi connectivity index (χ0v) is 9.28. The molecule has 1 aromatic heterocycles. The highest BCUT2D eigenvalue weighted by atomic mass is 32.2. The van der Waals surface area contributed by atoms with Crippen LogP contribution in [0, 0.1) is 0 Å². The molecule has 2 aliphatic rings. The molecular formula is C9H12N4OS. The van der Waals surface area contributed by atoms with Crippen molar-refractivity contribution >= 4 is 17.7 Å². The molecule has 2 atom stereocenters. The molecule has 3 rings (SSSR count). The molecule has 0 saturated carbocycles. The van der Waals surface area contributed by atoms with E-state index in [1.807, 2.05) is 16.7 Å². The van der Waals surface area contributed by atoms with Gasteiger partial charge in [-0.1, -0.05) is 5.21 Å². The third-order valence-corrected chi connectivity index (χ3v) is 4.37. The molecule has 2 bridgehead atoms. The zero-order chi connectivity index (χ0) is 10.4. The monoisotopic (exact) mass is 224 g/mol. The molecule has 15 heavy (non-hydrogen) atoms. The topological polar surface area (TPSA) is 51.0 Å². The lowest BCUT2D eigenvalue weighted by atomic mass is 10.2. The molecule has 2 fully saturated rings. The van der Waals surface area contributed by atoms with Crippen LogP contribution < -0.4 is 0 Å². The van der Waals surface area contributed by atoms with Gasteiger partial charge in [0, 0.05) is 30.6 Å². The summed E-state index contributed by atoms with van der Waals surface area (Å²) in [5.74, 6) is 1.12. The van der Waals surface area contributed by atoms with E-state index < -0.39 is 0 Å². The SMILES string of the molecule is Cn1cc(C(=O)N2CC3CC2CS3)nn1. The van der Waals surface area contributed by atoms with Crippen molar-refractivity contribution in [2.45, 2.75) is 17.7 Å². The third-order valence-electron chi connectivity index (χ3n) is 2.98. The van der Waals surface area contributed by atoms with Crippen LogP contribution in [-0.2, 0) is 7.05 Å². The number of nitrogens with zero attached hydrogens (tertiary/aromatic N) is 4. The van der Waals surface area contributed by atoms with Gasteiger partial charge in [-0.05, 0) is 6.42 Å². The van der Waals surface area contributed by atoms with E-state index in [2.05, 4.69) is 10.3 Å². The van der Waals surface area contributed by atoms with E-state index in [1.165, 1.54) is 0 Å². The fraction of sp³-hybridized carbons (Fsp3) is 0.667. The van der Waals surface area contributed by atoms with Crippen LogP contribution in [0.5, 0.6) is 0 Å². The summed E-state index contributed by atoms with van der Waals surface area (Å²) >= 11 is 1.98. The quantitative estimate of drug-likeness (QED) is 0.681. The lowest BCUT2D eigenvalue weighted by Gasteiger charge is -2.25. The van der Waals surface area contributed by atoms with E-state index in [0.717, 1.165) is 18.7 Å². The Bertz CT molecular complexity index is 405. The van der Waals surface area contributed by atoms with Crippen molar-refractivity contribution in [3.8, 4) is 0 Å². The van der Waals surface area contributed by atoms with Gasteiger partial charge in [-0.3, -0.25) is 9.48 Å². The summed E-state index contributed by atoms with van der Waals surface area (Å²) in [5, 5.41) is 8.29. The van der Waals surface area contributed by atoms with Crippen molar-refractivity contribution < 1.29 is 4.79 Å². The number of thioether (sulfide) groups is 1. The first-order valence-corrected chi connectivity index (χ1v) is 6.08. The van der Waals surface area contributed by atoms with Crippen LogP contribution in [0.2, 0.25) is 0 Å². The Balaban J connectivity index is 1.81. The Morgan fingerprint density at radius 3 is 3.07 bits per heavy atom. The number of fused-ring (bicyclic) bond motifs is 2. The number of aromatic nitrogens is 3. The number of likely N-dealkylation sites (tertiary alicyclic amines) is 1. The number of aryl methyl sites for hydroxylation is 1. The highest BCUT2D eigenvalue weighted by Gasteiger charge is 2.41. The average molecular weight is 224 g/mol. The molecule has 2 aliphatic heterocycles. The van der Waals surface area contributed by atoms with Gasteiger partial charge >= 0.3 is 0 Å². The number of rotatable bonds is 1. The van der Waals surface area contributed by atoms with Gasteiger partial charge in [-0.15, -0.1) is 5.10 Å². The highest BCUT2D eigenvalue weighted by Crippen LogP contribution is 2.37. The molecule has 3 heterocycles. The molecule has 5 nitrogen and oxygen atoms in total. The van der Waals surface area contributed by atoms with Crippen LogP contribution in [0.3, 0.4) is 0 Å². The summed E-state index contributed by atoms with van der Waals surface area (Å²) in [6.45, 7) is 0.880. The van der Waals surface area contributed by atoms with Crippen LogP contribution in [0.4, 0.5) is 0 Å². The summed E-state index contributed by atoms with van der Waals surface area (Å²) < 4.78 is 1.57. The van der Waals surface area contributed by atoms with Crippen molar-refractivity contribution in [3.05, 3.63) is 11.9 Å². The fourth-order valence-electron chi connectivity index (χ4n) is 2.24. The molecule has 0 spiro atoms. The van der Waals surface area contributed by atoms with Crippen LogP contribution in [0.1, 0.15) is 16.9 Å². The lowest BCUT2D eigenvalue weighted by molar-refractivity contribution is 0.0741. The molecule has 0 radical (unpaired) electrons. The second-order valence-electron chi connectivity index (χ2n) is 4.08. The van der Waals surface area contributed by atoms with Crippen molar-refractivity contribution in [2.75, 3.05) is 12.3 Å². The minimum atomic E-state index is 0.0379. The van der Waals surface area contributed by atoms with E-state index in [4.69, 9.17) is 0 Å². The molecule has 2 unspecified atom stereocenters. The molecule has 2 saturated heterocycles. The second-order valence-corrected chi connectivity index (χ2v) is 5.41. The van der Waals surface area contributed by atoms with Crippen LogP contribution >= 0.6 is 11.8 Å². The Morgan fingerprint density at radius 1 is 1.67 bits per heavy atom. The predicted molar refractivity (Wildman–Crippen MR) is 56.7 cm³/mol. The van der Waals surface area contributed by atoms with Gasteiger partial charge in [0.1, 0.15) is 0 Å². The molecule has 6 heteroatoms. The predicted octanol–water partition coefficient (Wildman–Crippen LogP) is 0.145. The van der Waals surface area contributed by atoms with E-state index >= 15 is 0 Å². The minimum Gasteiger partial charge on any atom is -0.332 e. The maximum absolute atomic E-state index is 12.1. The summed E-state index contributed by atoms with van der Waals surface area (Å²) in [6, 6.07) is 0.425. The first-order chi connectivity index (χ1) is 7.24. The summed E-state index contributed by atoms with van der Waals surface area (Å²) in [4.78, 5) is 14.0. The van der Waals surface area contributed by atoms with Crippen molar-refractivity contribution in [2.24, 2.45) is 7.05 Å². The Morgan fingerprint density at radius 2 is 2.53 bits per heavy atom. The molecule has 0 N–H and O–H groups in total. The first kappa shape index (κ1) is 9.21. The van der Waals surface area contributed by atoms with Crippen molar-refractivity contribution in [1.29, 1.82) is 0 Å². The molecule has 0 aromatic carbocycles. The van der Waals surface area contributed by atoms with Crippen LogP contribution in [0.25, 0.3) is 0 Å². The van der Waals surface area contributed by atoms with Gasteiger partial charge in [-0.25, -0.2) is 0 Å². The zero-order valence-electron chi connectivity index (χ0n) is 8.46. The largest absolute Gasteiger partial charge is 0.332 e. The molecule has 0 aliphatic carbocycles. The van der Waals surface area contributed by atoms with Gasteiger partial charge in [-0.2, -0.15) is 11.8 Å². The standard InChI is InChI=1S/C9H12N4OS/c1-12-4-8(10-11-12)9(14)13-3-7-2-6(13)5-15-7/h4,6-7H,2-3,5H2,1H3. The number of amides is 1. The fourth-order valence-corrected chi connectivity index (χ4v) is 3.68. The van der Waals surface area contributed by atoms with Gasteiger partial charge in [0.25, 0.3) is 5.91 Å². The molecular weight excluding hydrogens is 212 g/mol. The Hall–Kier alpha value is -1.04. The Kier molecular flexibility index (Phi) is 1.98. The van der Waals surface area contributed by atoms with E-state index in [0.29, 0.717) is 17.0 Å². The van der Waals surface area contributed by atoms with Gasteiger partial charge in [0.2, 0.25) is 0 Å². The number of carbonyl (C=O) groups excluding carboxylic acids is 1. The third kappa shape index (κ3) is 1.43. The maximum Gasteiger partial charge on any atom is 0.276 e. The molecule has 1 amide bonds. The smallest absolute Gasteiger partial charge is 0.276 e. The second kappa shape index (κ2) is 3.23. The lowest BCUT2D eigenvalue weighted by Crippen LogP contribution is -2.39. The van der Waals surface area contributed by atoms with E-state index in [-0.39, 0.29) is 5.91 Å². The van der Waals surface area contributed by atoms with Crippen LogP contribution in [-0.4, -0.2) is 49.4 Å². The summed E-state index contributed by atoms with van der Waals surface area (Å²) in [6.07, 6.45) is 2.83. The minimum absolute atomic E-state index is 0.0379. The highest BCUT2D eigenvalue weighted by molar-refractivity contribution is 8.00. The van der Waals surface area contributed by atoms with Crippen molar-refractivity contribution in [3.63, 3.8) is 0 Å². The number of hydrogen-bond donors (Lipinski definition) is 0. The number of carbonyl (C=O) groups is 1.